The second-order valence-corrected chi connectivity index (χ2v) is 8.57. The molecular formula is C25H32F3N3O3. The van der Waals surface area contributed by atoms with Crippen molar-refractivity contribution in [3.05, 3.63) is 58.7 Å². The number of nitrogen functional groups attached to an aromatic ring is 1. The summed E-state index contributed by atoms with van der Waals surface area (Å²) in [5.41, 5.74) is 7.56. The van der Waals surface area contributed by atoms with Gasteiger partial charge in [-0.1, -0.05) is 37.1 Å². The third kappa shape index (κ3) is 8.37. The van der Waals surface area contributed by atoms with Gasteiger partial charge in [-0.15, -0.1) is 0 Å². The van der Waals surface area contributed by atoms with Gasteiger partial charge in [-0.3, -0.25) is 9.59 Å². The van der Waals surface area contributed by atoms with E-state index in [0.717, 1.165) is 28.8 Å². The van der Waals surface area contributed by atoms with Gasteiger partial charge in [0, 0.05) is 11.4 Å². The van der Waals surface area contributed by atoms with Crippen LogP contribution >= 0.6 is 0 Å². The first-order valence-corrected chi connectivity index (χ1v) is 11.2. The molecule has 0 aliphatic carbocycles. The molecular weight excluding hydrogens is 447 g/mol. The van der Waals surface area contributed by atoms with Gasteiger partial charge in [0.25, 0.3) is 0 Å². The minimum Gasteiger partial charge on any atom is -0.399 e. The molecule has 2 aromatic carbocycles. The molecule has 0 fully saturated rings. The Morgan fingerprint density at radius 1 is 1.06 bits per heavy atom. The summed E-state index contributed by atoms with van der Waals surface area (Å²) in [5.74, 6) is -1.41. The van der Waals surface area contributed by atoms with Crippen LogP contribution in [0.25, 0.3) is 0 Å². The number of carbonyl (C=O) groups excluding carboxylic acids is 2. The lowest BCUT2D eigenvalue weighted by atomic mass is 9.95. The van der Waals surface area contributed by atoms with Gasteiger partial charge >= 0.3 is 6.18 Å². The van der Waals surface area contributed by atoms with Crippen LogP contribution in [0.1, 0.15) is 54.9 Å². The Hall–Kier alpha value is -3.07. The summed E-state index contributed by atoms with van der Waals surface area (Å²) in [5, 5.41) is 15.5. The highest BCUT2D eigenvalue weighted by Crippen LogP contribution is 2.32. The third-order valence-electron chi connectivity index (χ3n) is 5.51. The van der Waals surface area contributed by atoms with E-state index in [1.165, 1.54) is 6.07 Å². The fourth-order valence-electron chi connectivity index (χ4n) is 3.79. The highest BCUT2D eigenvalue weighted by atomic mass is 19.4. The molecule has 9 heteroatoms. The van der Waals surface area contributed by atoms with Gasteiger partial charge in [0.1, 0.15) is 6.42 Å². The van der Waals surface area contributed by atoms with Gasteiger partial charge in [0.15, 0.2) is 0 Å². The second kappa shape index (κ2) is 11.9. The van der Waals surface area contributed by atoms with Crippen molar-refractivity contribution in [2.45, 2.75) is 71.2 Å². The van der Waals surface area contributed by atoms with Crippen molar-refractivity contribution in [2.75, 3.05) is 11.1 Å². The Morgan fingerprint density at radius 2 is 1.76 bits per heavy atom. The van der Waals surface area contributed by atoms with Crippen molar-refractivity contribution in [3.63, 3.8) is 0 Å². The van der Waals surface area contributed by atoms with E-state index in [-0.39, 0.29) is 11.4 Å². The van der Waals surface area contributed by atoms with Crippen molar-refractivity contribution in [2.24, 2.45) is 0 Å². The number of halogens is 3. The van der Waals surface area contributed by atoms with E-state index in [9.17, 15) is 27.9 Å². The van der Waals surface area contributed by atoms with Crippen molar-refractivity contribution in [1.29, 1.82) is 0 Å². The molecule has 6 nitrogen and oxygen atoms in total. The zero-order valence-corrected chi connectivity index (χ0v) is 19.6. The molecule has 0 aliphatic rings. The number of rotatable bonds is 10. The molecule has 0 radical (unpaired) electrons. The Kier molecular flexibility index (Phi) is 9.49. The predicted molar refractivity (Wildman–Crippen MR) is 126 cm³/mol. The number of aliphatic hydroxyl groups excluding tert-OH is 1. The summed E-state index contributed by atoms with van der Waals surface area (Å²) in [6.45, 7) is 5.92. The molecule has 0 saturated carbocycles. The molecule has 2 aromatic rings. The number of hydrogen-bond acceptors (Lipinski definition) is 4. The average molecular weight is 480 g/mol. The number of carbonyl (C=O) groups is 2. The number of nitrogens with two attached hydrogens (primary N) is 1. The Labute approximate surface area is 197 Å². The van der Waals surface area contributed by atoms with E-state index in [4.69, 9.17) is 5.73 Å². The van der Waals surface area contributed by atoms with Crippen LogP contribution in [-0.2, 0) is 22.2 Å². The molecule has 0 bridgehead atoms. The van der Waals surface area contributed by atoms with E-state index >= 15 is 0 Å². The fourth-order valence-corrected chi connectivity index (χ4v) is 3.79. The van der Waals surface area contributed by atoms with Gasteiger partial charge in [0.05, 0.1) is 17.7 Å². The van der Waals surface area contributed by atoms with Crippen molar-refractivity contribution < 1.29 is 27.9 Å². The summed E-state index contributed by atoms with van der Waals surface area (Å²) in [4.78, 5) is 24.8. The van der Waals surface area contributed by atoms with E-state index in [1.54, 1.807) is 0 Å². The summed E-state index contributed by atoms with van der Waals surface area (Å²) in [7, 11) is 0. The number of hydrogen-bond donors (Lipinski definition) is 4. The van der Waals surface area contributed by atoms with Crippen LogP contribution in [0.5, 0.6) is 0 Å². The van der Waals surface area contributed by atoms with Gasteiger partial charge < -0.3 is 21.5 Å². The molecule has 0 aromatic heterocycles. The lowest BCUT2D eigenvalue weighted by Crippen LogP contribution is -2.44. The number of benzene rings is 2. The maximum Gasteiger partial charge on any atom is 0.416 e. The van der Waals surface area contributed by atoms with Gasteiger partial charge in [-0.05, 0) is 62.4 Å². The molecule has 0 spiro atoms. The SMILES string of the molecule is CCC[C@H](O)[C@H](CCc1ccc(C)cc1C)NC(=O)CC(=O)Nc1cc(N)cc(C(F)(F)F)c1. The van der Waals surface area contributed by atoms with Crippen LogP contribution in [0.3, 0.4) is 0 Å². The van der Waals surface area contributed by atoms with Gasteiger partial charge in [-0.25, -0.2) is 0 Å². The fraction of sp³-hybridized carbons (Fsp3) is 0.440. The quantitative estimate of drug-likeness (QED) is 0.297. The Morgan fingerprint density at radius 3 is 2.38 bits per heavy atom. The molecule has 0 unspecified atom stereocenters. The van der Waals surface area contributed by atoms with Crippen LogP contribution in [0.4, 0.5) is 24.5 Å². The lowest BCUT2D eigenvalue weighted by Gasteiger charge is -2.24. The second-order valence-electron chi connectivity index (χ2n) is 8.57. The average Bonchev–Trinajstić information content (AvgIpc) is 2.71. The summed E-state index contributed by atoms with van der Waals surface area (Å²) in [6, 6.07) is 8.22. The number of alkyl halides is 3. The first-order valence-electron chi connectivity index (χ1n) is 11.2. The number of anilines is 2. The first kappa shape index (κ1) is 27.2. The minimum atomic E-state index is -4.62. The molecule has 0 heterocycles. The zero-order chi connectivity index (χ0) is 25.5. The lowest BCUT2D eigenvalue weighted by molar-refractivity contribution is -0.137. The summed E-state index contributed by atoms with van der Waals surface area (Å²) < 4.78 is 38.9. The molecule has 2 atom stereocenters. The van der Waals surface area contributed by atoms with Crippen molar-refractivity contribution in [3.8, 4) is 0 Å². The number of nitrogens with one attached hydrogen (secondary N) is 2. The van der Waals surface area contributed by atoms with Crippen LogP contribution in [-0.4, -0.2) is 29.1 Å². The number of amides is 2. The third-order valence-corrected chi connectivity index (χ3v) is 5.51. The van der Waals surface area contributed by atoms with E-state index in [1.807, 2.05) is 32.9 Å². The van der Waals surface area contributed by atoms with Crippen LogP contribution in [0.2, 0.25) is 0 Å². The molecule has 0 saturated heterocycles. The van der Waals surface area contributed by atoms with Crippen LogP contribution in [0, 0.1) is 13.8 Å². The molecule has 0 aliphatic heterocycles. The van der Waals surface area contributed by atoms with E-state index < -0.39 is 42.1 Å². The highest BCUT2D eigenvalue weighted by Gasteiger charge is 2.31. The molecule has 2 rings (SSSR count). The minimum absolute atomic E-state index is 0.150. The van der Waals surface area contributed by atoms with E-state index in [2.05, 4.69) is 16.7 Å². The molecule has 186 valence electrons. The van der Waals surface area contributed by atoms with Gasteiger partial charge in [0.2, 0.25) is 11.8 Å². The van der Waals surface area contributed by atoms with Crippen molar-refractivity contribution >= 4 is 23.2 Å². The zero-order valence-electron chi connectivity index (χ0n) is 19.6. The summed E-state index contributed by atoms with van der Waals surface area (Å²) in [6.07, 6.45) is -3.70. The van der Waals surface area contributed by atoms with Crippen molar-refractivity contribution in [1.82, 2.24) is 5.32 Å². The smallest absolute Gasteiger partial charge is 0.399 e. The molecule has 2 amide bonds. The monoisotopic (exact) mass is 479 g/mol. The highest BCUT2D eigenvalue weighted by molar-refractivity contribution is 6.03. The number of aliphatic hydroxyl groups is 1. The standard InChI is InChI=1S/C25H32F3N3O3/c1-4-5-22(32)21(9-8-17-7-6-15(2)10-16(17)3)31-24(34)14-23(33)30-20-12-18(25(26,27)28)11-19(29)13-20/h6-7,10-13,21-22,32H,4-5,8-9,14,29H2,1-3H3,(H,30,33)(H,31,34)/t21-,22-/m0/s1. The predicted octanol–water partition coefficient (Wildman–Crippen LogP) is 4.51. The molecule has 34 heavy (non-hydrogen) atoms. The molecule has 5 N–H and O–H groups in total. The maximum absolute atomic E-state index is 13.0. The van der Waals surface area contributed by atoms with E-state index in [0.29, 0.717) is 25.7 Å². The van der Waals surface area contributed by atoms with Crippen LogP contribution < -0.4 is 16.4 Å². The summed E-state index contributed by atoms with van der Waals surface area (Å²) >= 11 is 0. The van der Waals surface area contributed by atoms with Gasteiger partial charge in [-0.2, -0.15) is 13.2 Å². The maximum atomic E-state index is 13.0. The first-order chi connectivity index (χ1) is 15.9. The Bertz CT molecular complexity index is 1010. The number of aryl methyl sites for hydroxylation is 3. The largest absolute Gasteiger partial charge is 0.416 e. The van der Waals surface area contributed by atoms with Crippen LogP contribution in [0.15, 0.2) is 36.4 Å². The normalized spacial score (nSPS) is 13.3. The topological polar surface area (TPSA) is 104 Å². The Balaban J connectivity index is 2.01.